The molecule has 1 aromatic carbocycles. The standard InChI is InChI=1S/C12H12N2O5S/c1-19-7-2-3-9-8(6-7)12(4-5-20(9,17)18)10(15)13-11(16)14-12/h2-3,6H,4-5H2,1H3,(H2,13,14,15,16). The van der Waals surface area contributed by atoms with Crippen LogP contribution in [0.1, 0.15) is 12.0 Å². The monoisotopic (exact) mass is 296 g/mol. The third kappa shape index (κ3) is 1.61. The molecule has 1 fully saturated rings. The van der Waals surface area contributed by atoms with E-state index >= 15 is 0 Å². The molecule has 2 aliphatic heterocycles. The zero-order valence-corrected chi connectivity index (χ0v) is 11.4. The zero-order valence-electron chi connectivity index (χ0n) is 10.6. The molecule has 2 aliphatic rings. The Balaban J connectivity index is 2.28. The Bertz CT molecular complexity index is 727. The van der Waals surface area contributed by atoms with E-state index in [9.17, 15) is 18.0 Å². The average molecular weight is 296 g/mol. The number of urea groups is 1. The van der Waals surface area contributed by atoms with Gasteiger partial charge in [-0.2, -0.15) is 0 Å². The summed E-state index contributed by atoms with van der Waals surface area (Å²) in [4.78, 5) is 23.6. The summed E-state index contributed by atoms with van der Waals surface area (Å²) in [6.07, 6.45) is 0.00702. The summed E-state index contributed by atoms with van der Waals surface area (Å²) in [6, 6.07) is 3.78. The van der Waals surface area contributed by atoms with Crippen molar-refractivity contribution in [1.29, 1.82) is 0 Å². The molecule has 1 atom stereocenters. The number of rotatable bonds is 1. The van der Waals surface area contributed by atoms with Gasteiger partial charge in [0, 0.05) is 5.56 Å². The maximum atomic E-state index is 12.1. The fourth-order valence-electron chi connectivity index (χ4n) is 2.63. The fraction of sp³-hybridized carbons (Fsp3) is 0.333. The number of carbonyl (C=O) groups is 2. The van der Waals surface area contributed by atoms with Crippen molar-refractivity contribution in [2.75, 3.05) is 12.9 Å². The van der Waals surface area contributed by atoms with Crippen LogP contribution in [0.15, 0.2) is 23.1 Å². The lowest BCUT2D eigenvalue weighted by molar-refractivity contribution is -0.124. The first kappa shape index (κ1) is 12.9. The molecule has 1 spiro atoms. The predicted molar refractivity (Wildman–Crippen MR) is 68.0 cm³/mol. The SMILES string of the molecule is COc1ccc2c(c1)C1(CCS2(=O)=O)NC(=O)NC1=O. The minimum Gasteiger partial charge on any atom is -0.497 e. The third-order valence-corrected chi connectivity index (χ3v) is 5.44. The van der Waals surface area contributed by atoms with Gasteiger partial charge in [0.25, 0.3) is 5.91 Å². The van der Waals surface area contributed by atoms with Gasteiger partial charge in [0.2, 0.25) is 0 Å². The molecule has 1 saturated heterocycles. The highest BCUT2D eigenvalue weighted by Gasteiger charge is 2.53. The number of carbonyl (C=O) groups excluding carboxylic acids is 2. The summed E-state index contributed by atoms with van der Waals surface area (Å²) < 4.78 is 29.3. The molecule has 0 saturated carbocycles. The van der Waals surface area contributed by atoms with Crippen molar-refractivity contribution in [3.63, 3.8) is 0 Å². The van der Waals surface area contributed by atoms with Gasteiger partial charge in [-0.1, -0.05) is 0 Å². The quantitative estimate of drug-likeness (QED) is 0.705. The maximum absolute atomic E-state index is 12.1. The van der Waals surface area contributed by atoms with Crippen LogP contribution in [-0.2, 0) is 20.2 Å². The van der Waals surface area contributed by atoms with Crippen LogP contribution in [0, 0.1) is 0 Å². The minimum atomic E-state index is -3.46. The molecule has 0 radical (unpaired) electrons. The van der Waals surface area contributed by atoms with Crippen LogP contribution < -0.4 is 15.4 Å². The molecule has 3 rings (SSSR count). The molecular weight excluding hydrogens is 284 g/mol. The van der Waals surface area contributed by atoms with Crippen LogP contribution in [-0.4, -0.2) is 33.2 Å². The van der Waals surface area contributed by atoms with Crippen LogP contribution in [0.3, 0.4) is 0 Å². The van der Waals surface area contributed by atoms with E-state index in [1.54, 1.807) is 0 Å². The Labute approximate surface area is 115 Å². The van der Waals surface area contributed by atoms with Gasteiger partial charge in [0.15, 0.2) is 9.84 Å². The van der Waals surface area contributed by atoms with Crippen LogP contribution in [0.5, 0.6) is 5.75 Å². The molecule has 0 aliphatic carbocycles. The second kappa shape index (κ2) is 3.95. The summed E-state index contributed by atoms with van der Waals surface area (Å²) in [7, 11) is -2.01. The van der Waals surface area contributed by atoms with E-state index < -0.39 is 27.3 Å². The lowest BCUT2D eigenvalue weighted by Crippen LogP contribution is -2.48. The number of hydrogen-bond acceptors (Lipinski definition) is 5. The summed E-state index contributed by atoms with van der Waals surface area (Å²) in [6.45, 7) is 0. The first-order valence-corrected chi connectivity index (χ1v) is 7.59. The van der Waals surface area contributed by atoms with E-state index in [0.29, 0.717) is 5.75 Å². The van der Waals surface area contributed by atoms with E-state index in [2.05, 4.69) is 10.6 Å². The fourth-order valence-corrected chi connectivity index (χ4v) is 4.27. The summed E-state index contributed by atoms with van der Waals surface area (Å²) in [5, 5.41) is 4.70. The first-order chi connectivity index (χ1) is 9.39. The Kier molecular flexibility index (Phi) is 2.55. The molecule has 2 N–H and O–H groups in total. The average Bonchev–Trinajstić information content (AvgIpc) is 2.70. The van der Waals surface area contributed by atoms with Gasteiger partial charge in [0.1, 0.15) is 11.3 Å². The van der Waals surface area contributed by atoms with Crippen LogP contribution >= 0.6 is 0 Å². The lowest BCUT2D eigenvalue weighted by Gasteiger charge is -2.32. The number of sulfone groups is 1. The number of fused-ring (bicyclic) bond motifs is 2. The van der Waals surface area contributed by atoms with Crippen molar-refractivity contribution in [3.05, 3.63) is 23.8 Å². The van der Waals surface area contributed by atoms with Crippen molar-refractivity contribution in [2.24, 2.45) is 0 Å². The number of hydrogen-bond donors (Lipinski definition) is 2. The van der Waals surface area contributed by atoms with Crippen molar-refractivity contribution < 1.29 is 22.7 Å². The number of methoxy groups -OCH3 is 1. The van der Waals surface area contributed by atoms with Crippen molar-refractivity contribution in [2.45, 2.75) is 16.9 Å². The van der Waals surface area contributed by atoms with E-state index in [1.807, 2.05) is 0 Å². The zero-order chi connectivity index (χ0) is 14.5. The maximum Gasteiger partial charge on any atom is 0.322 e. The molecule has 3 amide bonds. The highest BCUT2D eigenvalue weighted by atomic mass is 32.2. The molecule has 106 valence electrons. The summed E-state index contributed by atoms with van der Waals surface area (Å²) in [5.74, 6) is -0.305. The van der Waals surface area contributed by atoms with Gasteiger partial charge in [-0.25, -0.2) is 13.2 Å². The molecule has 8 heteroatoms. The molecule has 1 aromatic rings. The topological polar surface area (TPSA) is 102 Å². The molecule has 0 aromatic heterocycles. The largest absolute Gasteiger partial charge is 0.497 e. The Morgan fingerprint density at radius 2 is 2.05 bits per heavy atom. The van der Waals surface area contributed by atoms with E-state index in [4.69, 9.17) is 4.74 Å². The van der Waals surface area contributed by atoms with E-state index in [-0.39, 0.29) is 22.6 Å². The molecule has 1 unspecified atom stereocenters. The number of ether oxygens (including phenoxy) is 1. The summed E-state index contributed by atoms with van der Waals surface area (Å²) >= 11 is 0. The van der Waals surface area contributed by atoms with E-state index in [0.717, 1.165) is 0 Å². The van der Waals surface area contributed by atoms with Gasteiger partial charge < -0.3 is 10.1 Å². The van der Waals surface area contributed by atoms with Crippen molar-refractivity contribution in [3.8, 4) is 5.75 Å². The van der Waals surface area contributed by atoms with Crippen molar-refractivity contribution in [1.82, 2.24) is 10.6 Å². The van der Waals surface area contributed by atoms with Crippen LogP contribution in [0.25, 0.3) is 0 Å². The van der Waals surface area contributed by atoms with E-state index in [1.165, 1.54) is 25.3 Å². The van der Waals surface area contributed by atoms with Crippen LogP contribution in [0.2, 0.25) is 0 Å². The molecular formula is C12H12N2O5S. The van der Waals surface area contributed by atoms with Gasteiger partial charge in [0.05, 0.1) is 17.8 Å². The van der Waals surface area contributed by atoms with Gasteiger partial charge in [-0.05, 0) is 24.6 Å². The predicted octanol–water partition coefficient (Wildman–Crippen LogP) is -0.0927. The lowest BCUT2D eigenvalue weighted by atomic mass is 9.86. The second-order valence-corrected chi connectivity index (χ2v) is 6.82. The number of imide groups is 1. The molecule has 2 heterocycles. The minimum absolute atomic E-state index is 0.00702. The number of benzene rings is 1. The molecule has 20 heavy (non-hydrogen) atoms. The Hall–Kier alpha value is -2.09. The smallest absolute Gasteiger partial charge is 0.322 e. The third-order valence-electron chi connectivity index (χ3n) is 3.67. The summed E-state index contributed by atoms with van der Waals surface area (Å²) in [5.41, 5.74) is -1.07. The molecule has 7 nitrogen and oxygen atoms in total. The Morgan fingerprint density at radius 1 is 1.30 bits per heavy atom. The molecule has 0 bridgehead atoms. The highest BCUT2D eigenvalue weighted by Crippen LogP contribution is 2.40. The van der Waals surface area contributed by atoms with Gasteiger partial charge in [-0.3, -0.25) is 10.1 Å². The number of amides is 3. The first-order valence-electron chi connectivity index (χ1n) is 5.94. The van der Waals surface area contributed by atoms with Gasteiger partial charge >= 0.3 is 6.03 Å². The highest BCUT2D eigenvalue weighted by molar-refractivity contribution is 7.91. The van der Waals surface area contributed by atoms with Gasteiger partial charge in [-0.15, -0.1) is 0 Å². The van der Waals surface area contributed by atoms with Crippen LogP contribution in [0.4, 0.5) is 4.79 Å². The second-order valence-electron chi connectivity index (χ2n) is 4.74. The Morgan fingerprint density at radius 3 is 2.65 bits per heavy atom. The number of nitrogens with one attached hydrogen (secondary N) is 2. The van der Waals surface area contributed by atoms with Crippen molar-refractivity contribution >= 4 is 21.8 Å². The normalized spacial score (nSPS) is 26.9.